The van der Waals surface area contributed by atoms with Gasteiger partial charge in [0.2, 0.25) is 0 Å². The van der Waals surface area contributed by atoms with Crippen LogP contribution in [0, 0.1) is 0 Å². The van der Waals surface area contributed by atoms with Crippen LogP contribution in [0.5, 0.6) is 5.75 Å². The lowest BCUT2D eigenvalue weighted by Gasteiger charge is -2.22. The molecule has 0 fully saturated rings. The predicted molar refractivity (Wildman–Crippen MR) is 74.5 cm³/mol. The van der Waals surface area contributed by atoms with Crippen LogP contribution in [0.4, 0.5) is 0 Å². The first kappa shape index (κ1) is 15.5. The van der Waals surface area contributed by atoms with Gasteiger partial charge in [-0.2, -0.15) is 0 Å². The van der Waals surface area contributed by atoms with Crippen molar-refractivity contribution in [3.63, 3.8) is 0 Å². The van der Waals surface area contributed by atoms with Crippen LogP contribution in [-0.2, 0) is 4.79 Å². The molecule has 2 atom stereocenters. The second-order valence-corrected chi connectivity index (χ2v) is 4.79. The molecule has 0 radical (unpaired) electrons. The summed E-state index contributed by atoms with van der Waals surface area (Å²) in [6.07, 6.45) is 0. The number of hydrogen-bond acceptors (Lipinski definition) is 4. The van der Waals surface area contributed by atoms with E-state index in [4.69, 9.17) is 15.6 Å². The van der Waals surface area contributed by atoms with Gasteiger partial charge in [0.1, 0.15) is 11.8 Å². The quantitative estimate of drug-likeness (QED) is 0.726. The normalized spacial score (nSPS) is 14.2. The maximum Gasteiger partial charge on any atom is 0.322 e. The van der Waals surface area contributed by atoms with Crippen molar-refractivity contribution in [3.8, 4) is 5.75 Å². The molecule has 106 valence electrons. The molecule has 0 aliphatic heterocycles. The van der Waals surface area contributed by atoms with Gasteiger partial charge < -0.3 is 20.9 Å². The molecule has 5 heteroatoms. The van der Waals surface area contributed by atoms with Crippen LogP contribution in [0.25, 0.3) is 0 Å². The van der Waals surface area contributed by atoms with Crippen molar-refractivity contribution in [1.29, 1.82) is 0 Å². The molecule has 0 aliphatic rings. The van der Waals surface area contributed by atoms with Crippen LogP contribution in [-0.4, -0.2) is 31.3 Å². The Labute approximate surface area is 113 Å². The lowest BCUT2D eigenvalue weighted by molar-refractivity contribution is -0.139. The summed E-state index contributed by atoms with van der Waals surface area (Å²) in [6.45, 7) is 4.17. The molecule has 0 bridgehead atoms. The van der Waals surface area contributed by atoms with Gasteiger partial charge in [-0.1, -0.05) is 26.0 Å². The van der Waals surface area contributed by atoms with Crippen LogP contribution in [0.15, 0.2) is 18.2 Å². The molecule has 1 aromatic rings. The summed E-state index contributed by atoms with van der Waals surface area (Å²) in [5, 5.41) is 11.8. The number of nitrogens with two attached hydrogens (primary N) is 1. The van der Waals surface area contributed by atoms with E-state index in [-0.39, 0.29) is 0 Å². The van der Waals surface area contributed by atoms with Crippen LogP contribution < -0.4 is 15.8 Å². The lowest BCUT2D eigenvalue weighted by atomic mass is 9.95. The van der Waals surface area contributed by atoms with Gasteiger partial charge >= 0.3 is 5.97 Å². The van der Waals surface area contributed by atoms with E-state index in [2.05, 4.69) is 19.2 Å². The summed E-state index contributed by atoms with van der Waals surface area (Å²) in [4.78, 5) is 11.1. The summed E-state index contributed by atoms with van der Waals surface area (Å²) in [5.41, 5.74) is 7.85. The number of nitrogens with one attached hydrogen (secondary N) is 1. The second-order valence-electron chi connectivity index (χ2n) is 4.79. The molecule has 19 heavy (non-hydrogen) atoms. The first-order chi connectivity index (χ1) is 8.92. The van der Waals surface area contributed by atoms with Crippen LogP contribution in [0.3, 0.4) is 0 Å². The zero-order valence-electron chi connectivity index (χ0n) is 11.8. The number of aliphatic carboxylic acids is 1. The Kier molecular flexibility index (Phi) is 5.32. The fourth-order valence-electron chi connectivity index (χ4n) is 2.00. The maximum atomic E-state index is 11.1. The van der Waals surface area contributed by atoms with Crippen molar-refractivity contribution in [2.75, 3.05) is 14.2 Å². The average Bonchev–Trinajstić information content (AvgIpc) is 2.37. The highest BCUT2D eigenvalue weighted by Crippen LogP contribution is 2.29. The number of benzene rings is 1. The molecule has 0 saturated carbocycles. The molecule has 5 nitrogen and oxygen atoms in total. The van der Waals surface area contributed by atoms with E-state index >= 15 is 0 Å². The fourth-order valence-corrected chi connectivity index (χ4v) is 2.00. The standard InChI is InChI=1S/C14H22N2O3/c1-8(2)9-5-6-10(11(7-9)19-4)12(15)13(16-3)14(17)18/h5-8,12-13,16H,15H2,1-4H3,(H,17,18). The summed E-state index contributed by atoms with van der Waals surface area (Å²) < 4.78 is 5.33. The van der Waals surface area contributed by atoms with Gasteiger partial charge in [0.15, 0.2) is 0 Å². The first-order valence-corrected chi connectivity index (χ1v) is 6.25. The molecule has 1 rings (SSSR count). The number of carboxylic acid groups (broad SMARTS) is 1. The monoisotopic (exact) mass is 266 g/mol. The number of hydrogen-bond donors (Lipinski definition) is 3. The topological polar surface area (TPSA) is 84.6 Å². The fraction of sp³-hybridized carbons (Fsp3) is 0.500. The van der Waals surface area contributed by atoms with E-state index in [0.717, 1.165) is 5.56 Å². The van der Waals surface area contributed by atoms with Crippen LogP contribution in [0.2, 0.25) is 0 Å². The Morgan fingerprint density at radius 2 is 2.05 bits per heavy atom. The molecular formula is C14H22N2O3. The summed E-state index contributed by atoms with van der Waals surface area (Å²) >= 11 is 0. The highest BCUT2D eigenvalue weighted by atomic mass is 16.5. The Morgan fingerprint density at radius 3 is 2.47 bits per heavy atom. The van der Waals surface area contributed by atoms with Crippen molar-refractivity contribution in [2.24, 2.45) is 5.73 Å². The molecule has 2 unspecified atom stereocenters. The second kappa shape index (κ2) is 6.54. The van der Waals surface area contributed by atoms with E-state index < -0.39 is 18.1 Å². The predicted octanol–water partition coefficient (Wildman–Crippen LogP) is 1.49. The van der Waals surface area contributed by atoms with Gasteiger partial charge in [-0.15, -0.1) is 0 Å². The number of likely N-dealkylation sites (N-methyl/N-ethyl adjacent to an activating group) is 1. The SMILES string of the molecule is CNC(C(=O)O)C(N)c1ccc(C(C)C)cc1OC. The first-order valence-electron chi connectivity index (χ1n) is 6.25. The van der Waals surface area contributed by atoms with Gasteiger partial charge in [0, 0.05) is 5.56 Å². The van der Waals surface area contributed by atoms with Gasteiger partial charge in [0.25, 0.3) is 0 Å². The Hall–Kier alpha value is -1.59. The summed E-state index contributed by atoms with van der Waals surface area (Å²) in [7, 11) is 3.14. The van der Waals surface area contributed by atoms with Crippen LogP contribution in [0.1, 0.15) is 36.9 Å². The maximum absolute atomic E-state index is 11.1. The third-order valence-corrected chi connectivity index (χ3v) is 3.22. The molecule has 0 saturated heterocycles. The van der Waals surface area contributed by atoms with Crippen molar-refractivity contribution in [3.05, 3.63) is 29.3 Å². The summed E-state index contributed by atoms with van der Waals surface area (Å²) in [5.74, 6) is 0.0175. The van der Waals surface area contributed by atoms with Gasteiger partial charge in [-0.05, 0) is 24.6 Å². The summed E-state index contributed by atoms with van der Waals surface area (Å²) in [6, 6.07) is 4.19. The van der Waals surface area contributed by atoms with Gasteiger partial charge in [0.05, 0.1) is 13.2 Å². The number of rotatable bonds is 6. The minimum absolute atomic E-state index is 0.374. The number of methoxy groups -OCH3 is 1. The minimum Gasteiger partial charge on any atom is -0.496 e. The molecule has 4 N–H and O–H groups in total. The van der Waals surface area contributed by atoms with E-state index in [0.29, 0.717) is 17.2 Å². The average molecular weight is 266 g/mol. The van der Waals surface area contributed by atoms with E-state index in [1.54, 1.807) is 14.2 Å². The lowest BCUT2D eigenvalue weighted by Crippen LogP contribution is -2.43. The van der Waals surface area contributed by atoms with E-state index in [1.807, 2.05) is 18.2 Å². The molecule has 1 aromatic carbocycles. The van der Waals surface area contributed by atoms with Gasteiger partial charge in [-0.25, -0.2) is 0 Å². The van der Waals surface area contributed by atoms with E-state index in [9.17, 15) is 4.79 Å². The smallest absolute Gasteiger partial charge is 0.322 e. The third-order valence-electron chi connectivity index (χ3n) is 3.22. The van der Waals surface area contributed by atoms with Crippen molar-refractivity contribution in [1.82, 2.24) is 5.32 Å². The molecule has 0 spiro atoms. The molecule has 0 aliphatic carbocycles. The molecular weight excluding hydrogens is 244 g/mol. The zero-order valence-corrected chi connectivity index (χ0v) is 11.8. The number of carbonyl (C=O) groups is 1. The third kappa shape index (κ3) is 3.45. The molecule has 0 heterocycles. The Morgan fingerprint density at radius 1 is 1.42 bits per heavy atom. The highest BCUT2D eigenvalue weighted by molar-refractivity contribution is 5.75. The van der Waals surface area contributed by atoms with E-state index in [1.165, 1.54) is 0 Å². The van der Waals surface area contributed by atoms with Crippen LogP contribution >= 0.6 is 0 Å². The Bertz CT molecular complexity index is 446. The molecule has 0 aromatic heterocycles. The highest BCUT2D eigenvalue weighted by Gasteiger charge is 2.27. The van der Waals surface area contributed by atoms with Crippen molar-refractivity contribution >= 4 is 5.97 Å². The number of ether oxygens (including phenoxy) is 1. The number of carboxylic acids is 1. The van der Waals surface area contributed by atoms with Gasteiger partial charge in [-0.3, -0.25) is 4.79 Å². The largest absolute Gasteiger partial charge is 0.496 e. The van der Waals surface area contributed by atoms with Crippen molar-refractivity contribution < 1.29 is 14.6 Å². The molecule has 0 amide bonds. The van der Waals surface area contributed by atoms with Crippen molar-refractivity contribution in [2.45, 2.75) is 31.8 Å². The Balaban J connectivity index is 3.15. The minimum atomic E-state index is -0.981. The zero-order chi connectivity index (χ0) is 14.6.